The van der Waals surface area contributed by atoms with Gasteiger partial charge in [-0.1, -0.05) is 0 Å². The van der Waals surface area contributed by atoms with E-state index in [-0.39, 0.29) is 0 Å². The summed E-state index contributed by atoms with van der Waals surface area (Å²) >= 11 is 0. The van der Waals surface area contributed by atoms with Crippen LogP contribution in [0, 0.1) is 6.08 Å². The van der Waals surface area contributed by atoms with Gasteiger partial charge in [-0.3, -0.25) is 5.98 Å². The Morgan fingerprint density at radius 3 is 3.00 bits per heavy atom. The summed E-state index contributed by atoms with van der Waals surface area (Å²) in [6.45, 7) is 0. The maximum atomic E-state index is 3.67. The van der Waals surface area contributed by atoms with Gasteiger partial charge in [0.2, 0.25) is 0 Å². The van der Waals surface area contributed by atoms with Crippen molar-refractivity contribution in [2.45, 2.75) is 0 Å². The highest BCUT2D eigenvalue weighted by Crippen LogP contribution is 1.73. The molecule has 0 bridgehead atoms. The first-order chi connectivity index (χ1) is 2.50. The highest BCUT2D eigenvalue weighted by atomic mass is 14.6. The largest absolute Gasteiger partial charge is 0.467 e. The lowest BCUT2D eigenvalue weighted by atomic mass is 10.00. The van der Waals surface area contributed by atoms with E-state index < -0.39 is 0 Å². The van der Waals surface area contributed by atoms with Gasteiger partial charge in [-0.15, -0.1) is 0 Å². The average molecular weight is 62.9 g/mol. The lowest BCUT2D eigenvalue weighted by Gasteiger charge is -1.70. The molecule has 0 atom stereocenters. The van der Waals surface area contributed by atoms with Gasteiger partial charge in [0.1, 0.15) is 0 Å². The van der Waals surface area contributed by atoms with Crippen molar-refractivity contribution >= 4 is 13.6 Å². The van der Waals surface area contributed by atoms with Crippen LogP contribution in [0.3, 0.4) is 0 Å². The van der Waals surface area contributed by atoms with E-state index in [1.807, 2.05) is 0 Å². The number of rotatable bonds is 0. The minimum absolute atomic E-state index is 1.62. The Balaban J connectivity index is 2.61. The standard InChI is InChI=1S/C3H2BN/c1-2-4-5-3-1/h2-3H/q-1. The van der Waals surface area contributed by atoms with Crippen LogP contribution in [0.15, 0.2) is 10.9 Å². The molecule has 0 aliphatic carbocycles. The fourth-order valence-corrected chi connectivity index (χ4v) is 0.215. The fraction of sp³-hybridized carbons (Fsp3) is 0. The van der Waals surface area contributed by atoms with Gasteiger partial charge in [0.15, 0.2) is 0 Å². The number of nitrogens with zero attached hydrogens (tertiary/aromatic N) is 1. The van der Waals surface area contributed by atoms with Gasteiger partial charge in [0.25, 0.3) is 7.41 Å². The van der Waals surface area contributed by atoms with E-state index in [9.17, 15) is 0 Å². The van der Waals surface area contributed by atoms with Gasteiger partial charge >= 0.3 is 0 Å². The molecule has 23 valence electrons. The molecule has 0 saturated heterocycles. The summed E-state index contributed by atoms with van der Waals surface area (Å²) in [5, 5.41) is 0. The molecule has 1 aliphatic heterocycles. The average Bonchev–Trinajstić information content (AvgIpc) is 1.76. The summed E-state index contributed by atoms with van der Waals surface area (Å²) in [6, 6.07) is 0. The molecule has 5 heavy (non-hydrogen) atoms. The molecular weight excluding hydrogens is 60.9 g/mol. The van der Waals surface area contributed by atoms with E-state index in [2.05, 4.69) is 11.0 Å². The van der Waals surface area contributed by atoms with Gasteiger partial charge in [0.05, 0.1) is 0 Å². The van der Waals surface area contributed by atoms with Gasteiger partial charge < -0.3 is 11.0 Å². The smallest absolute Gasteiger partial charge is 0.262 e. The topological polar surface area (TPSA) is 12.4 Å². The van der Waals surface area contributed by atoms with Crippen molar-refractivity contribution in [3.8, 4) is 0 Å². The molecule has 1 heterocycles. The van der Waals surface area contributed by atoms with Crippen LogP contribution in [-0.4, -0.2) is 13.6 Å². The third kappa shape index (κ3) is 0.378. The first-order valence-corrected chi connectivity index (χ1v) is 1.43. The van der Waals surface area contributed by atoms with Crippen LogP contribution in [0.2, 0.25) is 0 Å². The normalized spacial score (nSPS) is 16.0. The van der Waals surface area contributed by atoms with Gasteiger partial charge in [-0.25, -0.2) is 0 Å². The van der Waals surface area contributed by atoms with E-state index in [0.717, 1.165) is 0 Å². The summed E-state index contributed by atoms with van der Waals surface area (Å²) in [5.74, 6) is 1.76. The zero-order chi connectivity index (χ0) is 3.54. The molecular formula is C3H2BN-. The van der Waals surface area contributed by atoms with Gasteiger partial charge in [-0.2, -0.15) is 6.21 Å². The van der Waals surface area contributed by atoms with Crippen molar-refractivity contribution in [1.29, 1.82) is 0 Å². The predicted molar refractivity (Wildman–Crippen MR) is 22.1 cm³/mol. The molecule has 2 heteroatoms. The van der Waals surface area contributed by atoms with Crippen LogP contribution < -0.4 is 0 Å². The maximum Gasteiger partial charge on any atom is 0.262 e. The summed E-state index contributed by atoms with van der Waals surface area (Å²) in [6.07, 6.45) is 4.38. The molecule has 1 radical (unpaired) electrons. The van der Waals surface area contributed by atoms with Crippen molar-refractivity contribution < 1.29 is 0 Å². The van der Waals surface area contributed by atoms with Crippen LogP contribution in [0.4, 0.5) is 0 Å². The first kappa shape index (κ1) is 2.70. The first-order valence-electron chi connectivity index (χ1n) is 1.43. The molecule has 1 aliphatic rings. The van der Waals surface area contributed by atoms with Crippen LogP contribution in [0.25, 0.3) is 0 Å². The molecule has 0 spiro atoms. The van der Waals surface area contributed by atoms with E-state index in [0.29, 0.717) is 0 Å². The number of allylic oxidation sites excluding steroid dienone is 1. The van der Waals surface area contributed by atoms with Crippen LogP contribution in [0.5, 0.6) is 0 Å². The molecule has 0 saturated carbocycles. The van der Waals surface area contributed by atoms with E-state index in [1.54, 1.807) is 19.6 Å². The fourth-order valence-electron chi connectivity index (χ4n) is 0.215. The van der Waals surface area contributed by atoms with Crippen molar-refractivity contribution in [3.05, 3.63) is 12.1 Å². The maximum absolute atomic E-state index is 3.67. The third-order valence-electron chi connectivity index (χ3n) is 0.406. The second-order valence-corrected chi connectivity index (χ2v) is 0.761. The summed E-state index contributed by atoms with van der Waals surface area (Å²) in [7, 11) is 1.69. The Kier molecular flexibility index (Phi) is 0.574. The Hall–Kier alpha value is -0.525. The SMILES string of the molecule is [B]1C=[C-]C=N1. The highest BCUT2D eigenvalue weighted by Gasteiger charge is 1.64. The quantitative estimate of drug-likeness (QED) is 0.277. The zero-order valence-electron chi connectivity index (χ0n) is 2.68. The number of hydrogen-bond donors (Lipinski definition) is 0. The van der Waals surface area contributed by atoms with Crippen LogP contribution in [0.1, 0.15) is 0 Å². The minimum Gasteiger partial charge on any atom is -0.467 e. The summed E-state index contributed by atoms with van der Waals surface area (Å²) in [5.41, 5.74) is 0. The summed E-state index contributed by atoms with van der Waals surface area (Å²) < 4.78 is 0. The van der Waals surface area contributed by atoms with Gasteiger partial charge in [0, 0.05) is 0 Å². The zero-order valence-corrected chi connectivity index (χ0v) is 2.68. The molecule has 0 aromatic carbocycles. The minimum atomic E-state index is 1.62. The Bertz CT molecular complexity index is 65.0. The second kappa shape index (κ2) is 1.06. The molecule has 1 nitrogen and oxygen atoms in total. The van der Waals surface area contributed by atoms with Gasteiger partial charge in [-0.05, 0) is 0 Å². The Labute approximate surface area is 31.7 Å². The molecule has 0 N–H and O–H groups in total. The van der Waals surface area contributed by atoms with E-state index >= 15 is 0 Å². The lowest BCUT2D eigenvalue weighted by molar-refractivity contribution is 1.94. The van der Waals surface area contributed by atoms with Crippen molar-refractivity contribution in [2.24, 2.45) is 4.90 Å². The molecule has 1 rings (SSSR count). The molecule has 0 aromatic heterocycles. The van der Waals surface area contributed by atoms with Crippen LogP contribution >= 0.6 is 0 Å². The van der Waals surface area contributed by atoms with Crippen molar-refractivity contribution in [1.82, 2.24) is 0 Å². The van der Waals surface area contributed by atoms with E-state index in [1.165, 1.54) is 0 Å². The summed E-state index contributed by atoms with van der Waals surface area (Å²) in [4.78, 5) is 3.67. The Morgan fingerprint density at radius 2 is 2.80 bits per heavy atom. The monoisotopic (exact) mass is 63.0 g/mol. The second-order valence-electron chi connectivity index (χ2n) is 0.761. The highest BCUT2D eigenvalue weighted by molar-refractivity contribution is 6.43. The lowest BCUT2D eigenvalue weighted by Crippen LogP contribution is -1.63. The third-order valence-corrected chi connectivity index (χ3v) is 0.406. The predicted octanol–water partition coefficient (Wildman–Crippen LogP) is 0.00689. The molecule has 0 fully saturated rings. The van der Waals surface area contributed by atoms with Crippen molar-refractivity contribution in [3.63, 3.8) is 0 Å². The molecule has 0 amide bonds. The van der Waals surface area contributed by atoms with Crippen molar-refractivity contribution in [2.75, 3.05) is 0 Å². The van der Waals surface area contributed by atoms with Crippen LogP contribution in [-0.2, 0) is 0 Å². The Morgan fingerprint density at radius 1 is 1.80 bits per heavy atom. The van der Waals surface area contributed by atoms with E-state index in [4.69, 9.17) is 0 Å². The molecule has 0 unspecified atom stereocenters. The molecule has 0 aromatic rings. The number of hydrogen-bond acceptors (Lipinski definition) is 1.